The molecular formula is C15H22N2O3. The summed E-state index contributed by atoms with van der Waals surface area (Å²) in [5.41, 5.74) is 1.03. The molecule has 0 saturated carbocycles. The molecule has 2 heterocycles. The zero-order chi connectivity index (χ0) is 14.2. The van der Waals surface area contributed by atoms with Gasteiger partial charge in [-0.15, -0.1) is 0 Å². The summed E-state index contributed by atoms with van der Waals surface area (Å²) >= 11 is 0. The number of aromatic nitrogens is 1. The number of rotatable bonds is 7. The lowest BCUT2D eigenvalue weighted by Gasteiger charge is -2.17. The Hall–Kier alpha value is -1.46. The number of hydrogen-bond donors (Lipinski definition) is 0. The molecule has 1 amide bonds. The van der Waals surface area contributed by atoms with Gasteiger partial charge in [-0.1, -0.05) is 6.07 Å². The molecule has 20 heavy (non-hydrogen) atoms. The van der Waals surface area contributed by atoms with Gasteiger partial charge in [-0.3, -0.25) is 9.78 Å². The molecule has 1 aliphatic heterocycles. The van der Waals surface area contributed by atoms with Gasteiger partial charge in [-0.05, 0) is 24.5 Å². The molecule has 0 aromatic carbocycles. The van der Waals surface area contributed by atoms with Crippen LogP contribution in [0.4, 0.5) is 0 Å². The molecule has 110 valence electrons. The maximum atomic E-state index is 11.9. The van der Waals surface area contributed by atoms with Crippen LogP contribution in [0.15, 0.2) is 24.5 Å². The molecule has 5 heteroatoms. The minimum Gasteiger partial charge on any atom is -0.378 e. The molecule has 0 radical (unpaired) electrons. The zero-order valence-electron chi connectivity index (χ0n) is 12.0. The Labute approximate surface area is 119 Å². The minimum absolute atomic E-state index is 0.0844. The van der Waals surface area contributed by atoms with Gasteiger partial charge in [0.2, 0.25) is 5.91 Å². The standard InChI is InChI=1S/C15H22N2O3/c1-17(11-13-4-2-7-16-10-13)15(18)6-9-19-12-14-5-3-8-20-14/h2,4,7,10,14H,3,5-6,8-9,11-12H2,1H3. The molecule has 1 atom stereocenters. The highest BCUT2D eigenvalue weighted by molar-refractivity contribution is 5.75. The molecule has 5 nitrogen and oxygen atoms in total. The van der Waals surface area contributed by atoms with E-state index in [9.17, 15) is 4.79 Å². The first-order valence-corrected chi connectivity index (χ1v) is 7.08. The lowest BCUT2D eigenvalue weighted by Crippen LogP contribution is -2.27. The van der Waals surface area contributed by atoms with Crippen molar-refractivity contribution >= 4 is 5.91 Å². The maximum absolute atomic E-state index is 11.9. The highest BCUT2D eigenvalue weighted by Gasteiger charge is 2.16. The van der Waals surface area contributed by atoms with Crippen molar-refractivity contribution in [3.8, 4) is 0 Å². The van der Waals surface area contributed by atoms with Crippen LogP contribution in [0.25, 0.3) is 0 Å². The smallest absolute Gasteiger partial charge is 0.224 e. The van der Waals surface area contributed by atoms with E-state index in [4.69, 9.17) is 9.47 Å². The maximum Gasteiger partial charge on any atom is 0.224 e. The molecule has 1 fully saturated rings. The van der Waals surface area contributed by atoms with Crippen molar-refractivity contribution in [1.29, 1.82) is 0 Å². The third-order valence-electron chi connectivity index (χ3n) is 3.36. The molecule has 0 bridgehead atoms. The molecule has 0 aliphatic carbocycles. The van der Waals surface area contributed by atoms with E-state index in [0.717, 1.165) is 25.0 Å². The van der Waals surface area contributed by atoms with Crippen LogP contribution in [-0.4, -0.2) is 48.8 Å². The summed E-state index contributed by atoms with van der Waals surface area (Å²) < 4.78 is 11.0. The molecule has 1 aromatic rings. The van der Waals surface area contributed by atoms with Gasteiger partial charge < -0.3 is 14.4 Å². The Morgan fingerprint density at radius 3 is 3.20 bits per heavy atom. The van der Waals surface area contributed by atoms with Gasteiger partial charge in [0, 0.05) is 32.6 Å². The number of pyridine rings is 1. The van der Waals surface area contributed by atoms with Crippen LogP contribution in [0.2, 0.25) is 0 Å². The van der Waals surface area contributed by atoms with Gasteiger partial charge in [0.1, 0.15) is 0 Å². The molecule has 1 aliphatic rings. The minimum atomic E-state index is 0.0844. The van der Waals surface area contributed by atoms with Crippen LogP contribution >= 0.6 is 0 Å². The Balaban J connectivity index is 1.61. The second kappa shape index (κ2) is 7.97. The molecule has 1 saturated heterocycles. The van der Waals surface area contributed by atoms with Crippen LogP contribution in [-0.2, 0) is 20.8 Å². The van der Waals surface area contributed by atoms with Crippen LogP contribution in [0.5, 0.6) is 0 Å². The summed E-state index contributed by atoms with van der Waals surface area (Å²) in [7, 11) is 1.80. The summed E-state index contributed by atoms with van der Waals surface area (Å²) in [5, 5.41) is 0. The van der Waals surface area contributed by atoms with E-state index in [0.29, 0.717) is 26.2 Å². The van der Waals surface area contributed by atoms with E-state index in [1.165, 1.54) is 0 Å². The topological polar surface area (TPSA) is 51.7 Å². The van der Waals surface area contributed by atoms with Crippen LogP contribution in [0, 0.1) is 0 Å². The van der Waals surface area contributed by atoms with Gasteiger partial charge in [0.05, 0.1) is 25.7 Å². The predicted octanol–water partition coefficient (Wildman–Crippen LogP) is 1.63. The third kappa shape index (κ3) is 4.90. The van der Waals surface area contributed by atoms with Crippen molar-refractivity contribution in [1.82, 2.24) is 9.88 Å². The monoisotopic (exact) mass is 278 g/mol. The van der Waals surface area contributed by atoms with Crippen LogP contribution in [0.3, 0.4) is 0 Å². The van der Waals surface area contributed by atoms with Crippen molar-refractivity contribution in [2.24, 2.45) is 0 Å². The van der Waals surface area contributed by atoms with E-state index < -0.39 is 0 Å². The Morgan fingerprint density at radius 2 is 2.50 bits per heavy atom. The van der Waals surface area contributed by atoms with E-state index >= 15 is 0 Å². The Kier molecular flexibility index (Phi) is 5.95. The number of amides is 1. The van der Waals surface area contributed by atoms with Crippen molar-refractivity contribution in [2.45, 2.75) is 31.9 Å². The number of carbonyl (C=O) groups is 1. The predicted molar refractivity (Wildman–Crippen MR) is 75.1 cm³/mol. The average molecular weight is 278 g/mol. The van der Waals surface area contributed by atoms with Gasteiger partial charge in [0.15, 0.2) is 0 Å². The average Bonchev–Trinajstić information content (AvgIpc) is 2.97. The summed E-state index contributed by atoms with van der Waals surface area (Å²) in [4.78, 5) is 17.7. The number of carbonyl (C=O) groups excluding carboxylic acids is 1. The highest BCUT2D eigenvalue weighted by Crippen LogP contribution is 2.12. The third-order valence-corrected chi connectivity index (χ3v) is 3.36. The first kappa shape index (κ1) is 14.9. The van der Waals surface area contributed by atoms with Crippen LogP contribution in [0.1, 0.15) is 24.8 Å². The first-order valence-electron chi connectivity index (χ1n) is 7.08. The quantitative estimate of drug-likeness (QED) is 0.711. The number of ether oxygens (including phenoxy) is 2. The lowest BCUT2D eigenvalue weighted by molar-refractivity contribution is -0.131. The summed E-state index contributed by atoms with van der Waals surface area (Å²) in [6.07, 6.45) is 6.31. The largest absolute Gasteiger partial charge is 0.378 e. The molecule has 0 N–H and O–H groups in total. The summed E-state index contributed by atoms with van der Waals surface area (Å²) in [5.74, 6) is 0.0844. The summed E-state index contributed by atoms with van der Waals surface area (Å²) in [6.45, 7) is 2.47. The van der Waals surface area contributed by atoms with Crippen molar-refractivity contribution < 1.29 is 14.3 Å². The highest BCUT2D eigenvalue weighted by atomic mass is 16.5. The molecule has 1 unspecified atom stereocenters. The Bertz CT molecular complexity index is 405. The van der Waals surface area contributed by atoms with Crippen molar-refractivity contribution in [2.75, 3.05) is 26.9 Å². The van der Waals surface area contributed by atoms with E-state index in [1.54, 1.807) is 24.3 Å². The number of nitrogens with zero attached hydrogens (tertiary/aromatic N) is 2. The van der Waals surface area contributed by atoms with Gasteiger partial charge >= 0.3 is 0 Å². The second-order valence-electron chi connectivity index (χ2n) is 5.07. The molecule has 1 aromatic heterocycles. The van der Waals surface area contributed by atoms with E-state index in [-0.39, 0.29) is 12.0 Å². The fourth-order valence-electron chi connectivity index (χ4n) is 2.19. The zero-order valence-corrected chi connectivity index (χ0v) is 12.0. The second-order valence-corrected chi connectivity index (χ2v) is 5.07. The summed E-state index contributed by atoms with van der Waals surface area (Å²) in [6, 6.07) is 3.84. The van der Waals surface area contributed by atoms with Crippen LogP contribution < -0.4 is 0 Å². The van der Waals surface area contributed by atoms with Gasteiger partial charge in [-0.2, -0.15) is 0 Å². The Morgan fingerprint density at radius 1 is 1.60 bits per heavy atom. The fraction of sp³-hybridized carbons (Fsp3) is 0.600. The van der Waals surface area contributed by atoms with E-state index in [2.05, 4.69) is 4.98 Å². The van der Waals surface area contributed by atoms with Crippen molar-refractivity contribution in [3.05, 3.63) is 30.1 Å². The van der Waals surface area contributed by atoms with Crippen molar-refractivity contribution in [3.63, 3.8) is 0 Å². The fourth-order valence-corrected chi connectivity index (χ4v) is 2.19. The molecule has 0 spiro atoms. The molecular weight excluding hydrogens is 256 g/mol. The van der Waals surface area contributed by atoms with Gasteiger partial charge in [-0.25, -0.2) is 0 Å². The normalized spacial score (nSPS) is 18.1. The lowest BCUT2D eigenvalue weighted by atomic mass is 10.2. The van der Waals surface area contributed by atoms with E-state index in [1.807, 2.05) is 12.1 Å². The first-order chi connectivity index (χ1) is 9.75. The van der Waals surface area contributed by atoms with Gasteiger partial charge in [0.25, 0.3) is 0 Å². The number of hydrogen-bond acceptors (Lipinski definition) is 4. The SMILES string of the molecule is CN(Cc1cccnc1)C(=O)CCOCC1CCCO1. The molecule has 2 rings (SSSR count).